The van der Waals surface area contributed by atoms with Crippen LogP contribution in [-0.4, -0.2) is 37.1 Å². The van der Waals surface area contributed by atoms with Crippen molar-refractivity contribution < 1.29 is 13.7 Å². The van der Waals surface area contributed by atoms with Crippen LogP contribution >= 0.6 is 0 Å². The fraction of sp³-hybridized carbons (Fsp3) is 0.276. The zero-order valence-corrected chi connectivity index (χ0v) is 19.0. The smallest absolute Gasteiger partial charge is 0.233 e. The Hall–Kier alpha value is -3.42. The first-order valence-corrected chi connectivity index (χ1v) is 11.4. The molecule has 0 aliphatic carbocycles. The molecule has 0 spiro atoms. The lowest BCUT2D eigenvalue weighted by molar-refractivity contribution is -0.898. The zero-order valence-electron chi connectivity index (χ0n) is 19.0. The lowest BCUT2D eigenvalue weighted by Gasteiger charge is -2.38. The second-order valence-electron chi connectivity index (χ2n) is 9.20. The van der Waals surface area contributed by atoms with E-state index in [1.807, 2.05) is 66.7 Å². The summed E-state index contributed by atoms with van der Waals surface area (Å²) in [4.78, 5) is 13.2. The third-order valence-electron chi connectivity index (χ3n) is 6.97. The molecule has 4 rings (SSSR count). The number of rotatable bonds is 6. The minimum absolute atomic E-state index is 0.0842. The molecular weight excluding hydrogens is 411 g/mol. The number of primary amides is 1. The van der Waals surface area contributed by atoms with Gasteiger partial charge in [-0.1, -0.05) is 78.6 Å². The second kappa shape index (κ2) is 9.60. The Balaban J connectivity index is 1.58. The molecular formula is C29H30FN2O+. The maximum absolute atomic E-state index is 13.4. The van der Waals surface area contributed by atoms with Crippen molar-refractivity contribution >= 4 is 5.91 Å². The van der Waals surface area contributed by atoms with Gasteiger partial charge in [-0.25, -0.2) is 4.39 Å². The largest absolute Gasteiger partial charge is 0.369 e. The van der Waals surface area contributed by atoms with Crippen LogP contribution in [0, 0.1) is 23.6 Å². The number of quaternary nitrogens is 1. The van der Waals surface area contributed by atoms with Crippen molar-refractivity contribution in [3.05, 3.63) is 107 Å². The summed E-state index contributed by atoms with van der Waals surface area (Å²) in [7, 11) is 2.23. The van der Waals surface area contributed by atoms with Gasteiger partial charge in [-0.15, -0.1) is 0 Å². The predicted octanol–water partition coefficient (Wildman–Crippen LogP) is 4.51. The number of hydrogen-bond acceptors (Lipinski definition) is 1. The molecule has 1 aliphatic heterocycles. The molecule has 0 saturated carbocycles. The van der Waals surface area contributed by atoms with Crippen LogP contribution in [-0.2, 0) is 10.2 Å². The van der Waals surface area contributed by atoms with Crippen molar-refractivity contribution in [2.45, 2.75) is 18.3 Å². The van der Waals surface area contributed by atoms with E-state index in [1.165, 1.54) is 12.1 Å². The van der Waals surface area contributed by atoms with Gasteiger partial charge in [-0.2, -0.15) is 0 Å². The highest BCUT2D eigenvalue weighted by molar-refractivity contribution is 5.91. The highest BCUT2D eigenvalue weighted by atomic mass is 19.1. The standard InChI is InChI=1S/C29H29FN2O/c1-32(19-9-8-11-23-12-10-17-27(30)21-23)20-18-26(22-32)29(28(31)33,24-13-4-2-5-14-24)25-15-6-3-7-16-25/h2-7,10,12-17,21,26H,9,18-20,22H2,1H3,(H-,31,33)/p+1/t26-,32?/m1/s1. The van der Waals surface area contributed by atoms with Gasteiger partial charge in [0.05, 0.1) is 33.1 Å². The van der Waals surface area contributed by atoms with E-state index >= 15 is 0 Å². The fourth-order valence-corrected chi connectivity index (χ4v) is 5.32. The van der Waals surface area contributed by atoms with Crippen molar-refractivity contribution in [2.75, 3.05) is 26.7 Å². The lowest BCUT2D eigenvalue weighted by atomic mass is 9.64. The normalized spacial score (nSPS) is 20.1. The molecule has 0 bridgehead atoms. The number of amides is 1. The van der Waals surface area contributed by atoms with E-state index in [1.54, 1.807) is 6.07 Å². The van der Waals surface area contributed by atoms with Gasteiger partial charge < -0.3 is 10.2 Å². The summed E-state index contributed by atoms with van der Waals surface area (Å²) < 4.78 is 14.2. The minimum atomic E-state index is -0.869. The van der Waals surface area contributed by atoms with Crippen LogP contribution in [0.5, 0.6) is 0 Å². The van der Waals surface area contributed by atoms with E-state index < -0.39 is 5.41 Å². The van der Waals surface area contributed by atoms with Crippen molar-refractivity contribution in [2.24, 2.45) is 11.7 Å². The molecule has 3 aromatic carbocycles. The van der Waals surface area contributed by atoms with Crippen molar-refractivity contribution in [3.63, 3.8) is 0 Å². The number of likely N-dealkylation sites (tertiary alicyclic amines) is 1. The molecule has 1 aliphatic rings. The quantitative estimate of drug-likeness (QED) is 0.444. The van der Waals surface area contributed by atoms with E-state index in [-0.39, 0.29) is 17.6 Å². The Labute approximate surface area is 195 Å². The molecule has 0 aromatic heterocycles. The van der Waals surface area contributed by atoms with Gasteiger partial charge in [0.25, 0.3) is 0 Å². The third kappa shape index (κ3) is 4.69. The van der Waals surface area contributed by atoms with Gasteiger partial charge in [-0.3, -0.25) is 4.79 Å². The van der Waals surface area contributed by atoms with E-state index in [9.17, 15) is 9.18 Å². The summed E-state index contributed by atoms with van der Waals surface area (Å²) in [5, 5.41) is 0. The fourth-order valence-electron chi connectivity index (χ4n) is 5.32. The molecule has 1 amide bonds. The first-order chi connectivity index (χ1) is 15.9. The molecule has 1 saturated heterocycles. The van der Waals surface area contributed by atoms with E-state index in [0.29, 0.717) is 12.0 Å². The monoisotopic (exact) mass is 441 g/mol. The highest BCUT2D eigenvalue weighted by Gasteiger charge is 2.53. The zero-order chi connectivity index (χ0) is 23.3. The highest BCUT2D eigenvalue weighted by Crippen LogP contribution is 2.45. The number of carbonyl (C=O) groups is 1. The Morgan fingerprint density at radius 2 is 1.67 bits per heavy atom. The van der Waals surface area contributed by atoms with Crippen molar-refractivity contribution in [1.82, 2.24) is 0 Å². The summed E-state index contributed by atoms with van der Waals surface area (Å²) in [6.45, 7) is 2.67. The Kier molecular flexibility index (Phi) is 6.62. The van der Waals surface area contributed by atoms with Crippen molar-refractivity contribution in [3.8, 4) is 11.8 Å². The number of halogens is 1. The number of nitrogens with zero attached hydrogens (tertiary/aromatic N) is 1. The maximum Gasteiger partial charge on any atom is 0.233 e. The van der Waals surface area contributed by atoms with Gasteiger partial charge >= 0.3 is 0 Å². The SMILES string of the molecule is C[N+]1(CCC#Cc2cccc(F)c2)CC[C@@H](C(C(N)=O)(c2ccccc2)c2ccccc2)C1. The molecule has 1 unspecified atom stereocenters. The van der Waals surface area contributed by atoms with Crippen LogP contribution in [0.1, 0.15) is 29.5 Å². The molecule has 1 fully saturated rings. The Morgan fingerprint density at radius 1 is 1.03 bits per heavy atom. The van der Waals surface area contributed by atoms with Gasteiger partial charge in [0.2, 0.25) is 5.91 Å². The summed E-state index contributed by atoms with van der Waals surface area (Å²) >= 11 is 0. The molecule has 168 valence electrons. The summed E-state index contributed by atoms with van der Waals surface area (Å²) in [5.74, 6) is 5.77. The third-order valence-corrected chi connectivity index (χ3v) is 6.97. The average molecular weight is 442 g/mol. The van der Waals surface area contributed by atoms with E-state index in [0.717, 1.165) is 41.7 Å². The molecule has 2 atom stereocenters. The van der Waals surface area contributed by atoms with Crippen LogP contribution in [0.3, 0.4) is 0 Å². The van der Waals surface area contributed by atoms with Crippen LogP contribution in [0.4, 0.5) is 4.39 Å². The number of hydrogen-bond donors (Lipinski definition) is 1. The van der Waals surface area contributed by atoms with Gasteiger partial charge in [-0.05, 0) is 29.3 Å². The molecule has 33 heavy (non-hydrogen) atoms. The lowest BCUT2D eigenvalue weighted by Crippen LogP contribution is -2.51. The molecule has 0 radical (unpaired) electrons. The molecule has 3 nitrogen and oxygen atoms in total. The van der Waals surface area contributed by atoms with Crippen LogP contribution in [0.2, 0.25) is 0 Å². The number of nitrogens with two attached hydrogens (primary N) is 1. The van der Waals surface area contributed by atoms with E-state index in [2.05, 4.69) is 18.9 Å². The molecule has 4 heteroatoms. The molecule has 1 heterocycles. The molecule has 2 N–H and O–H groups in total. The summed E-state index contributed by atoms with van der Waals surface area (Å²) in [6.07, 6.45) is 1.61. The first-order valence-electron chi connectivity index (χ1n) is 11.4. The van der Waals surface area contributed by atoms with Gasteiger partial charge in [0.1, 0.15) is 11.2 Å². The van der Waals surface area contributed by atoms with Gasteiger partial charge in [0, 0.05) is 17.9 Å². The average Bonchev–Trinajstić information content (AvgIpc) is 3.21. The number of benzene rings is 3. The maximum atomic E-state index is 13.4. The Morgan fingerprint density at radius 3 is 2.24 bits per heavy atom. The second-order valence-corrected chi connectivity index (χ2v) is 9.20. The predicted molar refractivity (Wildman–Crippen MR) is 130 cm³/mol. The van der Waals surface area contributed by atoms with Crippen LogP contribution in [0.15, 0.2) is 84.9 Å². The minimum Gasteiger partial charge on any atom is -0.369 e. The van der Waals surface area contributed by atoms with Crippen LogP contribution < -0.4 is 5.73 Å². The molecule has 3 aromatic rings. The van der Waals surface area contributed by atoms with Gasteiger partial charge in [0.15, 0.2) is 0 Å². The van der Waals surface area contributed by atoms with Crippen molar-refractivity contribution in [1.29, 1.82) is 0 Å². The topological polar surface area (TPSA) is 43.1 Å². The summed E-state index contributed by atoms with van der Waals surface area (Å²) in [6, 6.07) is 26.3. The van der Waals surface area contributed by atoms with E-state index in [4.69, 9.17) is 5.73 Å². The Bertz CT molecular complexity index is 1130. The first kappa shape index (κ1) is 22.8. The number of carbonyl (C=O) groups excluding carboxylic acids is 1. The summed E-state index contributed by atoms with van der Waals surface area (Å²) in [5.41, 5.74) is 7.93. The van der Waals surface area contributed by atoms with Crippen LogP contribution in [0.25, 0.3) is 0 Å².